The molecule has 1 heterocycles. The molecular weight excluding hydrogens is 464 g/mol. The van der Waals surface area contributed by atoms with Crippen LogP contribution in [0, 0.1) is 17.3 Å². The minimum absolute atomic E-state index is 0.0431. The molecule has 3 nitrogen and oxygen atoms in total. The van der Waals surface area contributed by atoms with Crippen molar-refractivity contribution in [2.45, 2.75) is 103 Å². The molecule has 0 spiro atoms. The van der Waals surface area contributed by atoms with Gasteiger partial charge in [-0.15, -0.1) is 0 Å². The van der Waals surface area contributed by atoms with Crippen molar-refractivity contribution in [2.24, 2.45) is 17.3 Å². The molecule has 4 heteroatoms. The molecule has 3 aliphatic carbocycles. The van der Waals surface area contributed by atoms with Crippen LogP contribution in [-0.4, -0.2) is 24.0 Å². The third-order valence-electron chi connectivity index (χ3n) is 9.09. The molecule has 0 aromatic heterocycles. The molecule has 1 aliphatic heterocycles. The van der Waals surface area contributed by atoms with Gasteiger partial charge in [0.15, 0.2) is 6.29 Å². The molecule has 1 aromatic carbocycles. The average molecular weight is 504 g/mol. The highest BCUT2D eigenvalue weighted by Gasteiger charge is 2.54. The highest BCUT2D eigenvalue weighted by Crippen LogP contribution is 2.59. The van der Waals surface area contributed by atoms with E-state index in [1.165, 1.54) is 49.7 Å². The molecule has 0 amide bonds. The van der Waals surface area contributed by atoms with Gasteiger partial charge < -0.3 is 9.47 Å². The van der Waals surface area contributed by atoms with E-state index in [2.05, 4.69) is 35.0 Å². The van der Waals surface area contributed by atoms with Crippen LogP contribution in [0.2, 0.25) is 0 Å². The van der Waals surface area contributed by atoms with Gasteiger partial charge >= 0.3 is 0 Å². The minimum Gasteiger partial charge on any atom is -0.465 e. The molecule has 1 aromatic rings. The van der Waals surface area contributed by atoms with Crippen molar-refractivity contribution < 1.29 is 14.3 Å². The maximum absolute atomic E-state index is 12.7. The molecule has 1 saturated heterocycles. The van der Waals surface area contributed by atoms with E-state index in [1.54, 1.807) is 5.56 Å². The summed E-state index contributed by atoms with van der Waals surface area (Å²) < 4.78 is 12.4. The Kier molecular flexibility index (Phi) is 7.00. The molecule has 2 saturated carbocycles. The van der Waals surface area contributed by atoms with Crippen molar-refractivity contribution in [1.82, 2.24) is 0 Å². The van der Waals surface area contributed by atoms with E-state index in [0.29, 0.717) is 23.5 Å². The second kappa shape index (κ2) is 9.78. The zero-order chi connectivity index (χ0) is 22.1. The second-order valence-corrected chi connectivity index (χ2v) is 11.7. The summed E-state index contributed by atoms with van der Waals surface area (Å²) in [5, 5.41) is 1.08. The predicted molar refractivity (Wildman–Crippen MR) is 132 cm³/mol. The van der Waals surface area contributed by atoms with Gasteiger partial charge in [-0.05, 0) is 105 Å². The van der Waals surface area contributed by atoms with Gasteiger partial charge in [-0.2, -0.15) is 0 Å². The standard InChI is InChI=1S/C28H39BrO3/c1-28-14-13-21-22(24(28)11-12-26(28)30)10-9-19-18-25(32-27-8-4-6-16-31-27)20(17-23(19)21)7-3-2-5-15-29/h17-18,21-22,24,27H,2-16H2,1H3/t21-,22+,24-,27?,28-/m0/s1. The summed E-state index contributed by atoms with van der Waals surface area (Å²) in [6.07, 6.45) is 14.6. The Morgan fingerprint density at radius 3 is 2.81 bits per heavy atom. The lowest BCUT2D eigenvalue weighted by molar-refractivity contribution is -0.129. The molecule has 5 atom stereocenters. The van der Waals surface area contributed by atoms with Gasteiger partial charge in [-0.3, -0.25) is 4.79 Å². The number of ether oxygens (including phenoxy) is 2. The van der Waals surface area contributed by atoms with Crippen LogP contribution in [0.25, 0.3) is 0 Å². The number of carbonyl (C=O) groups is 1. The molecule has 0 N–H and O–H groups in total. The minimum atomic E-state index is -0.0840. The van der Waals surface area contributed by atoms with Crippen molar-refractivity contribution in [2.75, 3.05) is 11.9 Å². The summed E-state index contributed by atoms with van der Waals surface area (Å²) in [7, 11) is 0. The molecule has 1 unspecified atom stereocenters. The number of benzene rings is 1. The smallest absolute Gasteiger partial charge is 0.199 e. The molecule has 0 radical (unpaired) electrons. The third kappa shape index (κ3) is 4.31. The van der Waals surface area contributed by atoms with Gasteiger partial charge in [0.1, 0.15) is 11.5 Å². The zero-order valence-electron chi connectivity index (χ0n) is 19.7. The van der Waals surface area contributed by atoms with Crippen molar-refractivity contribution in [1.29, 1.82) is 0 Å². The first kappa shape index (κ1) is 22.9. The van der Waals surface area contributed by atoms with E-state index in [1.807, 2.05) is 0 Å². The van der Waals surface area contributed by atoms with E-state index < -0.39 is 0 Å². The molecule has 0 bridgehead atoms. The highest BCUT2D eigenvalue weighted by atomic mass is 79.9. The van der Waals surface area contributed by atoms with E-state index in [4.69, 9.17) is 9.47 Å². The first-order valence-electron chi connectivity index (χ1n) is 13.1. The number of unbranched alkanes of at least 4 members (excludes halogenated alkanes) is 2. The van der Waals surface area contributed by atoms with Gasteiger partial charge in [0.2, 0.25) is 0 Å². The molecular formula is C28H39BrO3. The average Bonchev–Trinajstić information content (AvgIpc) is 3.12. The van der Waals surface area contributed by atoms with Crippen molar-refractivity contribution in [3.63, 3.8) is 0 Å². The number of carbonyl (C=O) groups excluding carboxylic acids is 1. The van der Waals surface area contributed by atoms with Crippen LogP contribution in [0.4, 0.5) is 0 Å². The van der Waals surface area contributed by atoms with Crippen LogP contribution in [0.15, 0.2) is 12.1 Å². The van der Waals surface area contributed by atoms with Gasteiger partial charge in [-0.25, -0.2) is 0 Å². The Balaban J connectivity index is 1.41. The van der Waals surface area contributed by atoms with Gasteiger partial charge in [0, 0.05) is 23.6 Å². The van der Waals surface area contributed by atoms with Gasteiger partial charge in [0.25, 0.3) is 0 Å². The number of Topliss-reactive ketones (excluding diaryl/α,β-unsaturated/α-hetero) is 1. The number of hydrogen-bond donors (Lipinski definition) is 0. The summed E-state index contributed by atoms with van der Waals surface area (Å²) in [5.41, 5.74) is 4.41. The largest absolute Gasteiger partial charge is 0.465 e. The maximum atomic E-state index is 12.7. The highest BCUT2D eigenvalue weighted by molar-refractivity contribution is 9.09. The Morgan fingerprint density at radius 1 is 1.09 bits per heavy atom. The third-order valence-corrected chi connectivity index (χ3v) is 9.65. The predicted octanol–water partition coefficient (Wildman–Crippen LogP) is 7.12. The first-order valence-corrected chi connectivity index (χ1v) is 14.3. The number of halogens is 1. The van der Waals surface area contributed by atoms with Crippen LogP contribution in [0.5, 0.6) is 5.75 Å². The summed E-state index contributed by atoms with van der Waals surface area (Å²) in [4.78, 5) is 12.7. The topological polar surface area (TPSA) is 35.5 Å². The summed E-state index contributed by atoms with van der Waals surface area (Å²) in [5.74, 6) is 3.52. The fraction of sp³-hybridized carbons (Fsp3) is 0.750. The Morgan fingerprint density at radius 2 is 2.00 bits per heavy atom. The number of alkyl halides is 1. The van der Waals surface area contributed by atoms with E-state index in [-0.39, 0.29) is 11.7 Å². The van der Waals surface area contributed by atoms with Crippen LogP contribution >= 0.6 is 15.9 Å². The SMILES string of the molecule is C[C@]12CC[C@@H]3c4cc(CCCCCBr)c(OC5CCCCO5)cc4CC[C@H]3[C@@H]1CCC2=O. The molecule has 5 rings (SSSR count). The molecule has 32 heavy (non-hydrogen) atoms. The fourth-order valence-corrected chi connectivity index (χ4v) is 7.65. The monoisotopic (exact) mass is 502 g/mol. The zero-order valence-corrected chi connectivity index (χ0v) is 21.3. The van der Waals surface area contributed by atoms with Gasteiger partial charge in [0.05, 0.1) is 6.61 Å². The van der Waals surface area contributed by atoms with Crippen LogP contribution < -0.4 is 4.74 Å². The lowest BCUT2D eigenvalue weighted by Gasteiger charge is -2.48. The quantitative estimate of drug-likeness (QED) is 0.294. The van der Waals surface area contributed by atoms with Crippen LogP contribution in [0.3, 0.4) is 0 Å². The Hall–Kier alpha value is -0.870. The van der Waals surface area contributed by atoms with E-state index in [0.717, 1.165) is 62.6 Å². The van der Waals surface area contributed by atoms with Gasteiger partial charge in [-0.1, -0.05) is 35.3 Å². The number of rotatable bonds is 7. The Bertz CT molecular complexity index is 830. The van der Waals surface area contributed by atoms with Crippen molar-refractivity contribution in [3.05, 3.63) is 28.8 Å². The van der Waals surface area contributed by atoms with E-state index >= 15 is 0 Å². The Labute approximate surface area is 202 Å². The van der Waals surface area contributed by atoms with Crippen LogP contribution in [-0.2, 0) is 22.4 Å². The number of hydrogen-bond acceptors (Lipinski definition) is 3. The summed E-state index contributed by atoms with van der Waals surface area (Å²) in [6, 6.07) is 4.88. The fourth-order valence-electron chi connectivity index (χ4n) is 7.25. The lowest BCUT2D eigenvalue weighted by atomic mass is 9.55. The number of fused-ring (bicyclic) bond motifs is 5. The number of ketones is 1. The molecule has 4 aliphatic rings. The molecule has 3 fully saturated rings. The van der Waals surface area contributed by atoms with Crippen molar-refractivity contribution >= 4 is 21.7 Å². The first-order chi connectivity index (χ1) is 15.6. The van der Waals surface area contributed by atoms with Crippen molar-refractivity contribution in [3.8, 4) is 5.75 Å². The van der Waals surface area contributed by atoms with E-state index in [9.17, 15) is 4.79 Å². The second-order valence-electron chi connectivity index (χ2n) is 10.9. The number of aryl methyl sites for hydroxylation is 2. The normalized spacial score (nSPS) is 34.0. The maximum Gasteiger partial charge on any atom is 0.199 e. The summed E-state index contributed by atoms with van der Waals surface area (Å²) in [6.45, 7) is 3.09. The lowest BCUT2D eigenvalue weighted by Crippen LogP contribution is -2.42. The van der Waals surface area contributed by atoms with Crippen LogP contribution in [0.1, 0.15) is 100 Å². The molecule has 176 valence electrons. The summed E-state index contributed by atoms with van der Waals surface area (Å²) >= 11 is 3.57.